The predicted molar refractivity (Wildman–Crippen MR) is 84.7 cm³/mol. The van der Waals surface area contributed by atoms with Crippen molar-refractivity contribution in [2.45, 2.75) is 6.54 Å². The second-order valence-corrected chi connectivity index (χ2v) is 4.21. The van der Waals surface area contributed by atoms with E-state index in [0.29, 0.717) is 25.3 Å². The van der Waals surface area contributed by atoms with Gasteiger partial charge < -0.3 is 14.6 Å². The van der Waals surface area contributed by atoms with Crippen molar-refractivity contribution >= 4 is 30.9 Å². The zero-order valence-electron chi connectivity index (χ0n) is 11.7. The van der Waals surface area contributed by atoms with E-state index in [-0.39, 0.29) is 18.3 Å². The second-order valence-electron chi connectivity index (χ2n) is 4.21. The van der Waals surface area contributed by atoms with Crippen LogP contribution in [0, 0.1) is 0 Å². The Morgan fingerprint density at radius 3 is 2.73 bits per heavy atom. The highest BCUT2D eigenvalue weighted by Crippen LogP contribution is 2.12. The minimum absolute atomic E-state index is 0. The van der Waals surface area contributed by atoms with Gasteiger partial charge in [0.15, 0.2) is 0 Å². The molecule has 0 radical (unpaired) electrons. The Balaban J connectivity index is 0.00000242. The minimum atomic E-state index is -0.164. The van der Waals surface area contributed by atoms with Crippen molar-refractivity contribution in [2.75, 3.05) is 6.54 Å². The van der Waals surface area contributed by atoms with E-state index in [4.69, 9.17) is 0 Å². The highest BCUT2D eigenvalue weighted by Gasteiger charge is 1.96. The number of carbonyl (C=O) groups excluding carboxylic acids is 2. The van der Waals surface area contributed by atoms with Crippen molar-refractivity contribution in [3.63, 3.8) is 0 Å². The molecule has 1 aromatic heterocycles. The Morgan fingerprint density at radius 1 is 1.32 bits per heavy atom. The van der Waals surface area contributed by atoms with E-state index in [2.05, 4.69) is 15.0 Å². The fourth-order valence-electron chi connectivity index (χ4n) is 1.67. The normalized spacial score (nSPS) is 10.0. The van der Waals surface area contributed by atoms with Gasteiger partial charge in [-0.15, -0.1) is 12.4 Å². The van der Waals surface area contributed by atoms with Crippen LogP contribution in [0.5, 0.6) is 5.75 Å². The molecule has 0 atom stereocenters. The lowest BCUT2D eigenvalue weighted by molar-refractivity contribution is -0.120. The first-order chi connectivity index (χ1) is 10.3. The Bertz CT molecular complexity index is 609. The van der Waals surface area contributed by atoms with Crippen molar-refractivity contribution in [3.8, 4) is 5.75 Å². The van der Waals surface area contributed by atoms with Crippen molar-refractivity contribution in [1.82, 2.24) is 14.9 Å². The summed E-state index contributed by atoms with van der Waals surface area (Å²) in [7, 11) is 0. The van der Waals surface area contributed by atoms with Gasteiger partial charge >= 0.3 is 0 Å². The van der Waals surface area contributed by atoms with Crippen LogP contribution < -0.4 is 10.1 Å². The Hall–Kier alpha value is -2.60. The molecule has 2 aromatic rings. The number of nitrogens with zero attached hydrogens (tertiary/aromatic N) is 2. The van der Waals surface area contributed by atoms with Crippen molar-refractivity contribution in [1.29, 1.82) is 0 Å². The quantitative estimate of drug-likeness (QED) is 0.622. The third-order valence-electron chi connectivity index (χ3n) is 2.72. The molecule has 2 rings (SSSR count). The van der Waals surface area contributed by atoms with Gasteiger partial charge in [-0.3, -0.25) is 9.59 Å². The largest absolute Gasteiger partial charge is 0.429 e. The third-order valence-corrected chi connectivity index (χ3v) is 2.72. The molecule has 22 heavy (non-hydrogen) atoms. The molecule has 0 unspecified atom stereocenters. The summed E-state index contributed by atoms with van der Waals surface area (Å²) in [6.45, 7) is 1.58. The maximum absolute atomic E-state index is 11.6. The van der Waals surface area contributed by atoms with E-state index in [1.807, 2.05) is 10.8 Å². The molecule has 0 saturated carbocycles. The molecular formula is C15H16ClN3O3. The van der Waals surface area contributed by atoms with Gasteiger partial charge in [0.25, 0.3) is 6.47 Å². The molecule has 0 bridgehead atoms. The molecule has 1 N–H and O–H groups in total. The van der Waals surface area contributed by atoms with Gasteiger partial charge in [0.2, 0.25) is 5.91 Å². The number of benzene rings is 1. The van der Waals surface area contributed by atoms with Crippen LogP contribution in [-0.2, 0) is 16.1 Å². The van der Waals surface area contributed by atoms with E-state index in [1.54, 1.807) is 42.9 Å². The minimum Gasteiger partial charge on any atom is -0.429 e. The van der Waals surface area contributed by atoms with E-state index < -0.39 is 0 Å². The summed E-state index contributed by atoms with van der Waals surface area (Å²) < 4.78 is 6.57. The maximum Gasteiger partial charge on any atom is 0.298 e. The number of halogens is 1. The number of hydrogen-bond acceptors (Lipinski definition) is 4. The van der Waals surface area contributed by atoms with E-state index >= 15 is 0 Å². The molecule has 6 nitrogen and oxygen atoms in total. The van der Waals surface area contributed by atoms with Gasteiger partial charge in [-0.1, -0.05) is 12.1 Å². The van der Waals surface area contributed by atoms with Gasteiger partial charge in [0, 0.05) is 31.6 Å². The van der Waals surface area contributed by atoms with Crippen LogP contribution >= 0.6 is 12.4 Å². The lowest BCUT2D eigenvalue weighted by Gasteiger charge is -2.03. The molecular weight excluding hydrogens is 306 g/mol. The Labute approximate surface area is 134 Å². The Morgan fingerprint density at radius 2 is 2.09 bits per heavy atom. The van der Waals surface area contributed by atoms with Crippen LogP contribution in [0.25, 0.3) is 6.08 Å². The van der Waals surface area contributed by atoms with Crippen molar-refractivity contribution < 1.29 is 14.3 Å². The average Bonchev–Trinajstić information content (AvgIpc) is 3.00. The number of hydrogen-bond donors (Lipinski definition) is 1. The zero-order chi connectivity index (χ0) is 14.9. The summed E-state index contributed by atoms with van der Waals surface area (Å²) in [6.07, 6.45) is 8.39. The van der Waals surface area contributed by atoms with Crippen molar-refractivity contribution in [2.24, 2.45) is 0 Å². The summed E-state index contributed by atoms with van der Waals surface area (Å²) in [5, 5.41) is 2.78. The molecule has 7 heteroatoms. The van der Waals surface area contributed by atoms with Gasteiger partial charge in [-0.05, 0) is 23.8 Å². The number of nitrogens with one attached hydrogen (secondary N) is 1. The molecule has 1 heterocycles. The highest BCUT2D eigenvalue weighted by molar-refractivity contribution is 5.91. The molecule has 0 aliphatic carbocycles. The first-order valence-corrected chi connectivity index (χ1v) is 6.40. The SMILES string of the molecule is Cl.O=COc1ccc(/C=C/C(=O)NCCn2ccnc2)cc1. The van der Waals surface area contributed by atoms with Crippen LogP contribution in [-0.4, -0.2) is 28.5 Å². The molecule has 0 fully saturated rings. The van der Waals surface area contributed by atoms with Gasteiger partial charge in [0.1, 0.15) is 5.75 Å². The van der Waals surface area contributed by atoms with Gasteiger partial charge in [0.05, 0.1) is 6.33 Å². The van der Waals surface area contributed by atoms with Crippen LogP contribution in [0.15, 0.2) is 49.1 Å². The van der Waals surface area contributed by atoms with Gasteiger partial charge in [-0.2, -0.15) is 0 Å². The molecule has 1 amide bonds. The number of imidazole rings is 1. The molecule has 0 spiro atoms. The number of carbonyl (C=O) groups is 2. The van der Waals surface area contributed by atoms with E-state index in [1.165, 1.54) is 6.08 Å². The molecule has 1 aromatic carbocycles. The second kappa shape index (κ2) is 9.36. The van der Waals surface area contributed by atoms with Crippen LogP contribution in [0.4, 0.5) is 0 Å². The number of rotatable bonds is 7. The fourth-order valence-corrected chi connectivity index (χ4v) is 1.67. The van der Waals surface area contributed by atoms with E-state index in [9.17, 15) is 9.59 Å². The third kappa shape index (κ3) is 5.80. The summed E-state index contributed by atoms with van der Waals surface area (Å²) in [6, 6.07) is 6.83. The average molecular weight is 322 g/mol. The lowest BCUT2D eigenvalue weighted by Crippen LogP contribution is -2.25. The lowest BCUT2D eigenvalue weighted by atomic mass is 10.2. The van der Waals surface area contributed by atoms with Crippen LogP contribution in [0.2, 0.25) is 0 Å². The molecule has 0 aliphatic rings. The predicted octanol–water partition coefficient (Wildman–Crippen LogP) is 1.67. The summed E-state index contributed by atoms with van der Waals surface area (Å²) >= 11 is 0. The monoisotopic (exact) mass is 321 g/mol. The first kappa shape index (κ1) is 17.5. The van der Waals surface area contributed by atoms with Crippen LogP contribution in [0.3, 0.4) is 0 Å². The molecule has 0 aliphatic heterocycles. The van der Waals surface area contributed by atoms with Crippen molar-refractivity contribution in [3.05, 3.63) is 54.6 Å². The topological polar surface area (TPSA) is 73.2 Å². The Kier molecular flexibility index (Phi) is 7.42. The highest BCUT2D eigenvalue weighted by atomic mass is 35.5. The molecule has 0 saturated heterocycles. The number of aromatic nitrogens is 2. The molecule has 116 valence electrons. The standard InChI is InChI=1S/C15H15N3O3.ClH/c19-12-21-14-4-1-13(2-5-14)3-6-15(20)17-8-10-18-9-7-16-11-18;/h1-7,9,11-12H,8,10H2,(H,17,20);1H/b6-3+;. The summed E-state index contributed by atoms with van der Waals surface area (Å²) in [5.74, 6) is 0.301. The van der Waals surface area contributed by atoms with Crippen LogP contribution in [0.1, 0.15) is 5.56 Å². The number of ether oxygens (including phenoxy) is 1. The fraction of sp³-hybridized carbons (Fsp3) is 0.133. The summed E-state index contributed by atoms with van der Waals surface area (Å²) in [5.41, 5.74) is 0.845. The first-order valence-electron chi connectivity index (χ1n) is 6.40. The maximum atomic E-state index is 11.6. The number of amides is 1. The van der Waals surface area contributed by atoms with Gasteiger partial charge in [-0.25, -0.2) is 4.98 Å². The smallest absolute Gasteiger partial charge is 0.298 e. The summed E-state index contributed by atoms with van der Waals surface area (Å²) in [4.78, 5) is 25.7. The zero-order valence-corrected chi connectivity index (χ0v) is 12.5. The van der Waals surface area contributed by atoms with E-state index in [0.717, 1.165) is 5.56 Å².